The van der Waals surface area contributed by atoms with Crippen molar-refractivity contribution in [3.63, 3.8) is 0 Å². The first-order chi connectivity index (χ1) is 13.4. The minimum absolute atomic E-state index is 0.0130. The minimum atomic E-state index is -0.882. The number of ether oxygens (including phenoxy) is 1. The van der Waals surface area contributed by atoms with E-state index in [4.69, 9.17) is 16.3 Å². The maximum Gasteiger partial charge on any atom is 0.329 e. The fourth-order valence-corrected chi connectivity index (χ4v) is 2.29. The molecule has 0 aromatic heterocycles. The van der Waals surface area contributed by atoms with Crippen LogP contribution in [-0.4, -0.2) is 24.6 Å². The summed E-state index contributed by atoms with van der Waals surface area (Å²) in [6.07, 6.45) is 1.30. The molecule has 6 nitrogen and oxygen atoms in total. The summed E-state index contributed by atoms with van der Waals surface area (Å²) in [5.74, 6) is -1.40. The van der Waals surface area contributed by atoms with Gasteiger partial charge in [-0.2, -0.15) is 5.10 Å². The number of hydrazone groups is 1. The van der Waals surface area contributed by atoms with E-state index in [1.165, 1.54) is 12.3 Å². The van der Waals surface area contributed by atoms with Gasteiger partial charge in [0, 0.05) is 22.7 Å². The fraction of sp³-hybridized carbons (Fsp3) is 0.250. The predicted molar refractivity (Wildman–Crippen MR) is 106 cm³/mol. The van der Waals surface area contributed by atoms with Crippen LogP contribution in [0.5, 0.6) is 5.75 Å². The van der Waals surface area contributed by atoms with Crippen molar-refractivity contribution in [3.8, 4) is 5.75 Å². The summed E-state index contributed by atoms with van der Waals surface area (Å²) in [5, 5.41) is 6.69. The molecule has 0 unspecified atom stereocenters. The van der Waals surface area contributed by atoms with Crippen molar-refractivity contribution in [3.05, 3.63) is 64.4 Å². The zero-order valence-corrected chi connectivity index (χ0v) is 16.3. The Hall–Kier alpha value is -2.93. The van der Waals surface area contributed by atoms with Crippen molar-refractivity contribution < 1.29 is 18.7 Å². The molecule has 2 aromatic carbocycles. The molecule has 28 heavy (non-hydrogen) atoms. The molecule has 2 N–H and O–H groups in total. The van der Waals surface area contributed by atoms with E-state index in [0.29, 0.717) is 28.4 Å². The predicted octanol–water partition coefficient (Wildman–Crippen LogP) is 3.28. The van der Waals surface area contributed by atoms with E-state index in [1.807, 2.05) is 13.8 Å². The van der Waals surface area contributed by atoms with Crippen molar-refractivity contribution in [2.24, 2.45) is 11.0 Å². The Balaban J connectivity index is 2.01. The van der Waals surface area contributed by atoms with Crippen LogP contribution in [0.4, 0.5) is 4.39 Å². The summed E-state index contributed by atoms with van der Waals surface area (Å²) in [6, 6.07) is 11.1. The highest BCUT2D eigenvalue weighted by Crippen LogP contribution is 2.23. The molecule has 0 saturated carbocycles. The molecular weight excluding hydrogens is 385 g/mol. The van der Waals surface area contributed by atoms with Crippen molar-refractivity contribution >= 4 is 29.6 Å². The van der Waals surface area contributed by atoms with Gasteiger partial charge in [0.15, 0.2) is 0 Å². The second-order valence-electron chi connectivity index (χ2n) is 6.37. The third-order valence-corrected chi connectivity index (χ3v) is 3.79. The van der Waals surface area contributed by atoms with Crippen LogP contribution >= 0.6 is 11.6 Å². The SMILES string of the molecule is CC(C)CNC(=O)C(=O)N/N=C\c1cc(Cl)ccc1OCc1ccccc1F. The molecule has 0 aliphatic heterocycles. The van der Waals surface area contributed by atoms with Crippen LogP contribution in [0, 0.1) is 11.7 Å². The van der Waals surface area contributed by atoms with E-state index in [-0.39, 0.29) is 18.3 Å². The van der Waals surface area contributed by atoms with Gasteiger partial charge in [-0.25, -0.2) is 9.82 Å². The summed E-state index contributed by atoms with van der Waals surface area (Å²) in [7, 11) is 0. The zero-order valence-electron chi connectivity index (χ0n) is 15.5. The molecule has 0 saturated heterocycles. The van der Waals surface area contributed by atoms with Crippen molar-refractivity contribution in [1.82, 2.24) is 10.7 Å². The first kappa shape index (κ1) is 21.4. The number of carbonyl (C=O) groups is 2. The Morgan fingerprint density at radius 1 is 1.21 bits per heavy atom. The van der Waals surface area contributed by atoms with Gasteiger partial charge < -0.3 is 10.1 Å². The van der Waals surface area contributed by atoms with Crippen LogP contribution in [0.1, 0.15) is 25.0 Å². The maximum atomic E-state index is 13.7. The van der Waals surface area contributed by atoms with E-state index in [2.05, 4.69) is 15.8 Å². The molecule has 0 radical (unpaired) electrons. The summed E-state index contributed by atoms with van der Waals surface area (Å²) in [5.41, 5.74) is 3.01. The van der Waals surface area contributed by atoms with Crippen LogP contribution in [0.3, 0.4) is 0 Å². The van der Waals surface area contributed by atoms with Crippen LogP contribution < -0.4 is 15.5 Å². The lowest BCUT2D eigenvalue weighted by Gasteiger charge is -2.10. The molecule has 0 aliphatic rings. The fourth-order valence-electron chi connectivity index (χ4n) is 2.11. The smallest absolute Gasteiger partial charge is 0.329 e. The molecule has 0 atom stereocenters. The molecule has 0 aliphatic carbocycles. The van der Waals surface area contributed by atoms with E-state index < -0.39 is 11.8 Å². The van der Waals surface area contributed by atoms with Crippen LogP contribution in [-0.2, 0) is 16.2 Å². The molecule has 2 aromatic rings. The lowest BCUT2D eigenvalue weighted by molar-refractivity contribution is -0.139. The van der Waals surface area contributed by atoms with Gasteiger partial charge in [-0.05, 0) is 30.2 Å². The Bertz CT molecular complexity index is 872. The second kappa shape index (κ2) is 10.4. The van der Waals surface area contributed by atoms with Gasteiger partial charge in [-0.15, -0.1) is 0 Å². The van der Waals surface area contributed by atoms with Crippen molar-refractivity contribution in [2.75, 3.05) is 6.54 Å². The monoisotopic (exact) mass is 405 g/mol. The van der Waals surface area contributed by atoms with Crippen LogP contribution in [0.25, 0.3) is 0 Å². The lowest BCUT2D eigenvalue weighted by atomic mass is 10.2. The Labute approximate surface area is 167 Å². The number of nitrogens with one attached hydrogen (secondary N) is 2. The van der Waals surface area contributed by atoms with Gasteiger partial charge in [0.25, 0.3) is 0 Å². The Kier molecular flexibility index (Phi) is 7.95. The first-order valence-electron chi connectivity index (χ1n) is 8.63. The number of carbonyl (C=O) groups excluding carboxylic acids is 2. The molecule has 0 bridgehead atoms. The first-order valence-corrected chi connectivity index (χ1v) is 9.01. The number of rotatable bonds is 7. The highest BCUT2D eigenvalue weighted by Gasteiger charge is 2.12. The minimum Gasteiger partial charge on any atom is -0.488 e. The average Bonchev–Trinajstić information content (AvgIpc) is 2.66. The molecular formula is C20H21ClFN3O3. The van der Waals surface area contributed by atoms with Crippen LogP contribution in [0.2, 0.25) is 5.02 Å². The highest BCUT2D eigenvalue weighted by atomic mass is 35.5. The van der Waals surface area contributed by atoms with Gasteiger partial charge >= 0.3 is 11.8 Å². The number of halogens is 2. The molecule has 8 heteroatoms. The van der Waals surface area contributed by atoms with Crippen LogP contribution in [0.15, 0.2) is 47.6 Å². The number of amides is 2. The number of benzene rings is 2. The third-order valence-electron chi connectivity index (χ3n) is 3.56. The largest absolute Gasteiger partial charge is 0.488 e. The summed E-state index contributed by atoms with van der Waals surface area (Å²) < 4.78 is 19.4. The average molecular weight is 406 g/mol. The maximum absolute atomic E-state index is 13.7. The second-order valence-corrected chi connectivity index (χ2v) is 6.80. The number of hydrogen-bond donors (Lipinski definition) is 2. The van der Waals surface area contributed by atoms with E-state index in [9.17, 15) is 14.0 Å². The third kappa shape index (κ3) is 6.66. The van der Waals surface area contributed by atoms with E-state index in [1.54, 1.807) is 36.4 Å². The Morgan fingerprint density at radius 2 is 1.96 bits per heavy atom. The summed E-state index contributed by atoms with van der Waals surface area (Å²) >= 11 is 5.99. The van der Waals surface area contributed by atoms with Gasteiger partial charge in [0.1, 0.15) is 18.2 Å². The highest BCUT2D eigenvalue weighted by molar-refractivity contribution is 6.35. The summed E-state index contributed by atoms with van der Waals surface area (Å²) in [4.78, 5) is 23.3. The van der Waals surface area contributed by atoms with E-state index in [0.717, 1.165) is 0 Å². The molecule has 2 amide bonds. The standard InChI is InChI=1S/C20H21ClFN3O3/c1-13(2)10-23-19(26)20(27)25-24-11-15-9-16(21)7-8-18(15)28-12-14-5-3-4-6-17(14)22/h3-9,11,13H,10,12H2,1-2H3,(H,23,26)(H,25,27)/b24-11-. The Morgan fingerprint density at radius 3 is 2.68 bits per heavy atom. The topological polar surface area (TPSA) is 79.8 Å². The van der Waals surface area contributed by atoms with Gasteiger partial charge in [0.2, 0.25) is 0 Å². The normalized spacial score (nSPS) is 10.9. The molecule has 0 fully saturated rings. The van der Waals surface area contributed by atoms with E-state index >= 15 is 0 Å². The molecule has 2 rings (SSSR count). The molecule has 0 heterocycles. The number of nitrogens with zero attached hydrogens (tertiary/aromatic N) is 1. The van der Waals surface area contributed by atoms with Crippen molar-refractivity contribution in [1.29, 1.82) is 0 Å². The lowest BCUT2D eigenvalue weighted by Crippen LogP contribution is -2.39. The quantitative estimate of drug-likeness (QED) is 0.421. The number of hydrogen-bond acceptors (Lipinski definition) is 4. The zero-order chi connectivity index (χ0) is 20.5. The van der Waals surface area contributed by atoms with Gasteiger partial charge in [-0.3, -0.25) is 9.59 Å². The van der Waals surface area contributed by atoms with Crippen molar-refractivity contribution in [2.45, 2.75) is 20.5 Å². The molecule has 148 valence electrons. The van der Waals surface area contributed by atoms with Gasteiger partial charge in [-0.1, -0.05) is 43.6 Å². The summed E-state index contributed by atoms with van der Waals surface area (Å²) in [6.45, 7) is 4.23. The molecule has 0 spiro atoms. The van der Waals surface area contributed by atoms with Gasteiger partial charge in [0.05, 0.1) is 6.21 Å².